The lowest BCUT2D eigenvalue weighted by molar-refractivity contribution is 0.147. The summed E-state index contributed by atoms with van der Waals surface area (Å²) in [4.78, 5) is 34.8. The molecule has 0 heterocycles. The predicted octanol–water partition coefficient (Wildman–Crippen LogP) is 1.96. The number of rotatable bonds is 9. The van der Waals surface area contributed by atoms with E-state index in [4.69, 9.17) is 19.6 Å². The van der Waals surface area contributed by atoms with Crippen molar-refractivity contribution in [3.63, 3.8) is 0 Å². The van der Waals surface area contributed by atoms with Crippen LogP contribution in [-0.4, -0.2) is 25.4 Å². The number of hydrogen-bond acceptors (Lipinski definition) is 3. The molecule has 0 rings (SSSR count). The second-order valence-electron chi connectivity index (χ2n) is 3.84. The third-order valence-electron chi connectivity index (χ3n) is 2.19. The van der Waals surface area contributed by atoms with Gasteiger partial charge < -0.3 is 19.6 Å². The quantitative estimate of drug-likeness (QED) is 0.378. The highest BCUT2D eigenvalue weighted by molar-refractivity contribution is 7.53. The first-order valence-corrected chi connectivity index (χ1v) is 8.67. The van der Waals surface area contributed by atoms with E-state index in [1.54, 1.807) is 0 Å². The summed E-state index contributed by atoms with van der Waals surface area (Å²) in [5, 5.41) is 0. The van der Waals surface area contributed by atoms with Gasteiger partial charge in [0, 0.05) is 0 Å². The molecular formula is C8H20O7P2. The van der Waals surface area contributed by atoms with Gasteiger partial charge in [0.2, 0.25) is 0 Å². The smallest absolute Gasteiger partial charge is 0.323 e. The molecule has 17 heavy (non-hydrogen) atoms. The maximum absolute atomic E-state index is 11.0. The molecule has 0 aliphatic rings. The number of hydrogen-bond donors (Lipinski definition) is 4. The zero-order valence-electron chi connectivity index (χ0n) is 9.73. The van der Waals surface area contributed by atoms with Crippen molar-refractivity contribution in [1.29, 1.82) is 0 Å². The van der Waals surface area contributed by atoms with E-state index in [0.29, 0.717) is 6.42 Å². The maximum Gasteiger partial charge on any atom is 0.470 e. The van der Waals surface area contributed by atoms with Crippen molar-refractivity contribution in [1.82, 2.24) is 0 Å². The first kappa shape index (κ1) is 17.3. The lowest BCUT2D eigenvalue weighted by Crippen LogP contribution is -2.12. The fourth-order valence-electron chi connectivity index (χ4n) is 1.36. The second kappa shape index (κ2) is 7.64. The van der Waals surface area contributed by atoms with Crippen LogP contribution in [0.25, 0.3) is 0 Å². The molecular weight excluding hydrogens is 270 g/mol. The first-order chi connectivity index (χ1) is 7.67. The van der Waals surface area contributed by atoms with Crippen LogP contribution in [-0.2, 0) is 13.7 Å². The molecule has 1 unspecified atom stereocenters. The fourth-order valence-corrected chi connectivity index (χ4v) is 3.16. The molecule has 0 saturated carbocycles. The molecule has 0 radical (unpaired) electrons. The van der Waals surface area contributed by atoms with Crippen LogP contribution in [0.5, 0.6) is 0 Å². The molecule has 0 spiro atoms. The summed E-state index contributed by atoms with van der Waals surface area (Å²) in [7, 11) is -9.51. The topological polar surface area (TPSA) is 124 Å². The molecule has 0 aromatic rings. The molecule has 0 saturated heterocycles. The largest absolute Gasteiger partial charge is 0.470 e. The zero-order chi connectivity index (χ0) is 13.5. The van der Waals surface area contributed by atoms with Crippen molar-refractivity contribution in [2.75, 3.05) is 0 Å². The Hall–Kier alpha value is 0.260. The second-order valence-corrected chi connectivity index (χ2v) is 6.79. The van der Waals surface area contributed by atoms with Gasteiger partial charge in [-0.25, -0.2) is 4.57 Å². The predicted molar refractivity (Wildman–Crippen MR) is 62.3 cm³/mol. The van der Waals surface area contributed by atoms with E-state index in [1.807, 2.05) is 6.92 Å². The minimum Gasteiger partial charge on any atom is -0.323 e. The summed E-state index contributed by atoms with van der Waals surface area (Å²) in [6.45, 7) is 2.04. The normalized spacial score (nSPS) is 14.9. The molecule has 0 aliphatic carbocycles. The first-order valence-electron chi connectivity index (χ1n) is 5.46. The molecule has 0 aromatic heterocycles. The summed E-state index contributed by atoms with van der Waals surface area (Å²) in [5.41, 5.74) is 0. The van der Waals surface area contributed by atoms with Crippen LogP contribution in [0.1, 0.15) is 45.4 Å². The molecule has 0 aromatic carbocycles. The third-order valence-corrected chi connectivity index (χ3v) is 4.00. The van der Waals surface area contributed by atoms with Gasteiger partial charge in [-0.15, -0.1) is 0 Å². The molecule has 4 N–H and O–H groups in total. The Morgan fingerprint density at radius 3 is 1.94 bits per heavy atom. The van der Waals surface area contributed by atoms with Gasteiger partial charge in [0.1, 0.15) is 0 Å². The van der Waals surface area contributed by atoms with Crippen molar-refractivity contribution in [2.45, 2.75) is 51.3 Å². The fraction of sp³-hybridized carbons (Fsp3) is 1.00. The SMILES string of the molecule is CCCCCCCC(OP(=O)(O)O)P(=O)(O)O. The Morgan fingerprint density at radius 1 is 1.00 bits per heavy atom. The summed E-state index contributed by atoms with van der Waals surface area (Å²) in [6, 6.07) is 0. The van der Waals surface area contributed by atoms with Gasteiger partial charge in [-0.3, -0.25) is 9.09 Å². The molecule has 9 heteroatoms. The maximum atomic E-state index is 11.0. The summed E-state index contributed by atoms with van der Waals surface area (Å²) in [6.07, 6.45) is 4.17. The highest BCUT2D eigenvalue weighted by atomic mass is 31.2. The monoisotopic (exact) mass is 290 g/mol. The van der Waals surface area contributed by atoms with Gasteiger partial charge in [0.15, 0.2) is 5.85 Å². The number of phosphoric ester groups is 1. The van der Waals surface area contributed by atoms with Crippen LogP contribution in [0, 0.1) is 0 Å². The highest BCUT2D eigenvalue weighted by Gasteiger charge is 2.35. The molecule has 0 amide bonds. The minimum atomic E-state index is -4.87. The molecule has 0 aliphatic heterocycles. The van der Waals surface area contributed by atoms with E-state index in [1.165, 1.54) is 0 Å². The molecule has 0 bridgehead atoms. The Bertz CT molecular complexity index is 294. The van der Waals surface area contributed by atoms with Crippen molar-refractivity contribution in [3.05, 3.63) is 0 Å². The van der Waals surface area contributed by atoms with Crippen molar-refractivity contribution in [2.24, 2.45) is 0 Å². The van der Waals surface area contributed by atoms with Gasteiger partial charge in [-0.05, 0) is 6.42 Å². The Balaban J connectivity index is 4.14. The van der Waals surface area contributed by atoms with Crippen LogP contribution >= 0.6 is 15.4 Å². The van der Waals surface area contributed by atoms with Crippen molar-refractivity contribution >= 4 is 15.4 Å². The Labute approximate surface area is 101 Å². The molecule has 0 fully saturated rings. The van der Waals surface area contributed by atoms with Crippen LogP contribution in [0.3, 0.4) is 0 Å². The Morgan fingerprint density at radius 2 is 1.53 bits per heavy atom. The van der Waals surface area contributed by atoms with Crippen LogP contribution < -0.4 is 0 Å². The molecule has 104 valence electrons. The standard InChI is InChI=1S/C8H20O7P2/c1-2-3-4-5-6-7-8(16(9,10)11)15-17(12,13)14/h8H,2-7H2,1H3,(H2,9,10,11)(H2,12,13,14). The van der Waals surface area contributed by atoms with Crippen LogP contribution in [0.4, 0.5) is 0 Å². The van der Waals surface area contributed by atoms with Crippen molar-refractivity contribution < 1.29 is 33.2 Å². The lowest BCUT2D eigenvalue weighted by atomic mass is 10.1. The van der Waals surface area contributed by atoms with Crippen LogP contribution in [0.15, 0.2) is 0 Å². The highest BCUT2D eigenvalue weighted by Crippen LogP contribution is 2.52. The summed E-state index contributed by atoms with van der Waals surface area (Å²) >= 11 is 0. The lowest BCUT2D eigenvalue weighted by Gasteiger charge is -2.19. The average Bonchev–Trinajstić information content (AvgIpc) is 2.12. The van der Waals surface area contributed by atoms with Gasteiger partial charge in [-0.1, -0.05) is 39.0 Å². The van der Waals surface area contributed by atoms with E-state index in [9.17, 15) is 9.13 Å². The van der Waals surface area contributed by atoms with E-state index >= 15 is 0 Å². The van der Waals surface area contributed by atoms with Gasteiger partial charge in [0.25, 0.3) is 0 Å². The molecule has 7 nitrogen and oxygen atoms in total. The van der Waals surface area contributed by atoms with Gasteiger partial charge in [0.05, 0.1) is 0 Å². The van der Waals surface area contributed by atoms with Crippen LogP contribution in [0.2, 0.25) is 0 Å². The summed E-state index contributed by atoms with van der Waals surface area (Å²) < 4.78 is 25.6. The number of phosphoric acid groups is 1. The van der Waals surface area contributed by atoms with E-state index in [0.717, 1.165) is 25.7 Å². The average molecular weight is 290 g/mol. The third kappa shape index (κ3) is 9.92. The van der Waals surface area contributed by atoms with E-state index < -0.39 is 21.3 Å². The minimum absolute atomic E-state index is 0.0564. The Kier molecular flexibility index (Phi) is 7.76. The van der Waals surface area contributed by atoms with Gasteiger partial charge >= 0.3 is 15.4 Å². The number of unbranched alkanes of at least 4 members (excludes halogenated alkanes) is 4. The molecule has 1 atom stereocenters. The van der Waals surface area contributed by atoms with Gasteiger partial charge in [-0.2, -0.15) is 0 Å². The van der Waals surface area contributed by atoms with E-state index in [-0.39, 0.29) is 6.42 Å². The van der Waals surface area contributed by atoms with Crippen molar-refractivity contribution in [3.8, 4) is 0 Å². The zero-order valence-corrected chi connectivity index (χ0v) is 11.5. The van der Waals surface area contributed by atoms with E-state index in [2.05, 4.69) is 4.52 Å². The summed E-state index contributed by atoms with van der Waals surface area (Å²) in [5.74, 6) is -1.72.